The molecule has 0 saturated carbocycles. The summed E-state index contributed by atoms with van der Waals surface area (Å²) in [4.78, 5) is 1.65. The van der Waals surface area contributed by atoms with E-state index in [2.05, 4.69) is 161 Å². The zero-order valence-corrected chi connectivity index (χ0v) is 30.2. The SMILES string of the molecule is CC(C)(C)c1cccc(C(C)(C)C)c1[NH3+].CC(C)c1cccc(C(C)C)c1[NH3+].CCCC[NH+](CCCC)c1ccccc1. The predicted molar refractivity (Wildman–Crippen MR) is 190 cm³/mol. The molecule has 0 aromatic heterocycles. The summed E-state index contributed by atoms with van der Waals surface area (Å²) in [6, 6.07) is 23.9. The molecule has 3 heteroatoms. The summed E-state index contributed by atoms with van der Waals surface area (Å²) in [7, 11) is 0. The van der Waals surface area contributed by atoms with Crippen molar-refractivity contribution in [1.29, 1.82) is 0 Å². The molecule has 0 heterocycles. The second kappa shape index (κ2) is 18.4. The first kappa shape index (κ1) is 38.6. The van der Waals surface area contributed by atoms with Crippen LogP contribution >= 0.6 is 0 Å². The Kier molecular flexibility index (Phi) is 16.5. The number of nitrogens with one attached hydrogen (secondary N) is 1. The lowest BCUT2D eigenvalue weighted by molar-refractivity contribution is -0.833. The van der Waals surface area contributed by atoms with Gasteiger partial charge in [0.15, 0.2) is 0 Å². The molecule has 0 amide bonds. The van der Waals surface area contributed by atoms with Crippen molar-refractivity contribution < 1.29 is 16.4 Å². The molecule has 0 atom stereocenters. The molecule has 0 aliphatic heterocycles. The van der Waals surface area contributed by atoms with E-state index >= 15 is 0 Å². The molecule has 3 aromatic rings. The Morgan fingerprint density at radius 2 is 0.953 bits per heavy atom. The Morgan fingerprint density at radius 3 is 1.30 bits per heavy atom. The van der Waals surface area contributed by atoms with Gasteiger partial charge in [-0.05, 0) is 47.6 Å². The third kappa shape index (κ3) is 13.0. The fraction of sp³-hybridized carbons (Fsp3) is 0.550. The molecule has 3 nitrogen and oxygen atoms in total. The Balaban J connectivity index is 0.000000324. The van der Waals surface area contributed by atoms with E-state index in [1.165, 1.54) is 78.1 Å². The lowest BCUT2D eigenvalue weighted by Crippen LogP contribution is -3.07. The minimum Gasteiger partial charge on any atom is -0.325 e. The monoisotopic (exact) mass is 591 g/mol. The normalized spacial score (nSPS) is 11.7. The number of hydrogen-bond donors (Lipinski definition) is 3. The molecule has 0 unspecified atom stereocenters. The highest BCUT2D eigenvalue weighted by molar-refractivity contribution is 5.52. The van der Waals surface area contributed by atoms with Gasteiger partial charge < -0.3 is 16.4 Å². The van der Waals surface area contributed by atoms with Gasteiger partial charge in [-0.1, -0.05) is 151 Å². The molecule has 0 bridgehead atoms. The lowest BCUT2D eigenvalue weighted by Gasteiger charge is -2.25. The first-order valence-electron chi connectivity index (χ1n) is 16.9. The van der Waals surface area contributed by atoms with Gasteiger partial charge in [-0.25, -0.2) is 0 Å². The van der Waals surface area contributed by atoms with Crippen molar-refractivity contribution in [2.75, 3.05) is 13.1 Å². The van der Waals surface area contributed by atoms with Gasteiger partial charge >= 0.3 is 0 Å². The van der Waals surface area contributed by atoms with Crippen molar-refractivity contribution in [1.82, 2.24) is 0 Å². The van der Waals surface area contributed by atoms with Gasteiger partial charge in [0.05, 0.1) is 13.1 Å². The van der Waals surface area contributed by atoms with Gasteiger partial charge in [0.2, 0.25) is 0 Å². The molecule has 0 aliphatic carbocycles. The van der Waals surface area contributed by atoms with Crippen LogP contribution in [0, 0.1) is 0 Å². The molecular weight excluding hydrogens is 522 g/mol. The van der Waals surface area contributed by atoms with E-state index in [0.717, 1.165) is 0 Å². The maximum Gasteiger partial charge on any atom is 0.135 e. The molecule has 0 spiro atoms. The molecule has 0 fully saturated rings. The van der Waals surface area contributed by atoms with Crippen molar-refractivity contribution in [2.24, 2.45) is 0 Å². The van der Waals surface area contributed by atoms with Gasteiger partial charge in [-0.3, -0.25) is 0 Å². The van der Waals surface area contributed by atoms with E-state index in [1.807, 2.05) is 0 Å². The van der Waals surface area contributed by atoms with Gasteiger partial charge in [0, 0.05) is 22.3 Å². The van der Waals surface area contributed by atoms with Crippen LogP contribution in [0.3, 0.4) is 0 Å². The quantitative estimate of drug-likeness (QED) is 0.223. The van der Waals surface area contributed by atoms with Crippen LogP contribution in [0.5, 0.6) is 0 Å². The molecule has 7 N–H and O–H groups in total. The molecule has 43 heavy (non-hydrogen) atoms. The van der Waals surface area contributed by atoms with E-state index < -0.39 is 0 Å². The van der Waals surface area contributed by atoms with Crippen molar-refractivity contribution in [3.05, 3.63) is 89.0 Å². The zero-order valence-electron chi connectivity index (χ0n) is 30.2. The Morgan fingerprint density at radius 1 is 0.558 bits per heavy atom. The van der Waals surface area contributed by atoms with Crippen LogP contribution < -0.4 is 16.4 Å². The number of quaternary nitrogens is 3. The number of para-hydroxylation sites is 1. The van der Waals surface area contributed by atoms with E-state index in [-0.39, 0.29) is 10.8 Å². The summed E-state index contributed by atoms with van der Waals surface area (Å²) in [6.07, 6.45) is 5.24. The number of unbranched alkanes of at least 4 members (excludes halogenated alkanes) is 2. The molecule has 0 radical (unpaired) electrons. The standard InChI is InChI=1S/2C14H23N.C12H19N/c1-13(2,3)10-8-7-9-11(12(10)15)14(4,5)6;1-3-5-12-15(13-6-4-2)14-10-8-7-9-11-14;1-8(2)10-6-5-7-11(9(3)4)12(10)13/h7-9H,15H2,1-6H3;7-11H,3-6,12-13H2,1-2H3;5-9H,13H2,1-4H3/p+3. The number of benzene rings is 3. The van der Waals surface area contributed by atoms with Gasteiger partial charge in [0.25, 0.3) is 0 Å². The summed E-state index contributed by atoms with van der Waals surface area (Å²) in [5.74, 6) is 1.15. The number of hydrogen-bond acceptors (Lipinski definition) is 0. The largest absolute Gasteiger partial charge is 0.325 e. The maximum atomic E-state index is 4.25. The summed E-state index contributed by atoms with van der Waals surface area (Å²) in [6.45, 7) is 29.4. The molecule has 0 saturated heterocycles. The Labute approximate surface area is 266 Å². The van der Waals surface area contributed by atoms with Crippen molar-refractivity contribution in [2.45, 2.75) is 131 Å². The van der Waals surface area contributed by atoms with Crippen LogP contribution in [0.1, 0.15) is 143 Å². The first-order valence-corrected chi connectivity index (χ1v) is 16.9. The minimum absolute atomic E-state index is 0.179. The predicted octanol–water partition coefficient (Wildman–Crippen LogP) is 8.77. The highest BCUT2D eigenvalue weighted by Crippen LogP contribution is 2.34. The Bertz CT molecular complexity index is 1110. The van der Waals surface area contributed by atoms with E-state index in [1.54, 1.807) is 4.90 Å². The van der Waals surface area contributed by atoms with Crippen LogP contribution in [0.2, 0.25) is 0 Å². The highest BCUT2D eigenvalue weighted by atomic mass is 15.1. The smallest absolute Gasteiger partial charge is 0.135 e. The third-order valence-electron chi connectivity index (χ3n) is 8.13. The third-order valence-corrected chi connectivity index (χ3v) is 8.13. The fourth-order valence-corrected chi connectivity index (χ4v) is 5.57. The van der Waals surface area contributed by atoms with E-state index in [0.29, 0.717) is 11.8 Å². The molecule has 0 aliphatic rings. The van der Waals surface area contributed by atoms with Gasteiger partial charge in [-0.15, -0.1) is 0 Å². The minimum atomic E-state index is 0.179. The average Bonchev–Trinajstić information content (AvgIpc) is 2.93. The highest BCUT2D eigenvalue weighted by Gasteiger charge is 2.25. The average molecular weight is 591 g/mol. The van der Waals surface area contributed by atoms with Crippen LogP contribution in [0.4, 0.5) is 17.1 Å². The first-order chi connectivity index (χ1) is 20.1. The summed E-state index contributed by atoms with van der Waals surface area (Å²) in [5.41, 5.74) is 18.1. The molecule has 3 rings (SSSR count). The molecular formula is C40H68N3+3. The second-order valence-electron chi connectivity index (χ2n) is 14.7. The van der Waals surface area contributed by atoms with Gasteiger partial charge in [-0.2, -0.15) is 0 Å². The van der Waals surface area contributed by atoms with Crippen molar-refractivity contribution in [3.8, 4) is 0 Å². The van der Waals surface area contributed by atoms with Crippen molar-refractivity contribution in [3.63, 3.8) is 0 Å². The second-order valence-corrected chi connectivity index (χ2v) is 14.7. The van der Waals surface area contributed by atoms with Gasteiger partial charge in [0.1, 0.15) is 17.1 Å². The van der Waals surface area contributed by atoms with Crippen molar-refractivity contribution >= 4 is 17.1 Å². The lowest BCUT2D eigenvalue weighted by atomic mass is 9.79. The Hall–Kier alpha value is -2.46. The maximum absolute atomic E-state index is 4.25. The summed E-state index contributed by atoms with van der Waals surface area (Å²) < 4.78 is 0. The number of rotatable bonds is 9. The van der Waals surface area contributed by atoms with E-state index in [4.69, 9.17) is 0 Å². The molecule has 240 valence electrons. The fourth-order valence-electron chi connectivity index (χ4n) is 5.57. The molecule has 3 aromatic carbocycles. The van der Waals surface area contributed by atoms with Crippen LogP contribution in [0.15, 0.2) is 66.7 Å². The van der Waals surface area contributed by atoms with Crippen LogP contribution in [-0.2, 0) is 10.8 Å². The topological polar surface area (TPSA) is 59.7 Å². The van der Waals surface area contributed by atoms with Crippen LogP contribution in [0.25, 0.3) is 0 Å². The van der Waals surface area contributed by atoms with E-state index in [9.17, 15) is 0 Å². The van der Waals surface area contributed by atoms with Crippen LogP contribution in [-0.4, -0.2) is 13.1 Å². The summed E-state index contributed by atoms with van der Waals surface area (Å²) >= 11 is 0. The zero-order chi connectivity index (χ0) is 32.8. The summed E-state index contributed by atoms with van der Waals surface area (Å²) in [5, 5.41) is 0.